The fourth-order valence-electron chi connectivity index (χ4n) is 0. The summed E-state index contributed by atoms with van der Waals surface area (Å²) in [6, 6.07) is 0. The zero-order chi connectivity index (χ0) is 9.00. The molecule has 8 nitrogen and oxygen atoms in total. The van der Waals surface area contributed by atoms with Gasteiger partial charge in [0.25, 0.3) is 0 Å². The van der Waals surface area contributed by atoms with Crippen LogP contribution >= 0.6 is 0 Å². The molecule has 0 aromatic heterocycles. The summed E-state index contributed by atoms with van der Waals surface area (Å²) in [5, 5.41) is 0. The average Bonchev–Trinajstić information content (AvgIpc) is 1.12. The molecule has 0 amide bonds. The smallest absolute Gasteiger partial charge is 0.759 e. The monoisotopic (exact) mass is 514 g/mol. The minimum atomic E-state index is -5.17. The van der Waals surface area contributed by atoms with Crippen molar-refractivity contribution in [2.24, 2.45) is 0 Å². The fourth-order valence-corrected chi connectivity index (χ4v) is 0. The summed E-state index contributed by atoms with van der Waals surface area (Å²) < 4.78 is 68.2. The minimum Gasteiger partial charge on any atom is -0.759 e. The van der Waals surface area contributed by atoms with Crippen LogP contribution in [0, 0.1) is 0 Å². The van der Waals surface area contributed by atoms with Gasteiger partial charge in [-0.05, 0) is 0 Å². The van der Waals surface area contributed by atoms with Gasteiger partial charge in [0.15, 0.2) is 0 Å². The Bertz CT molecular complexity index is 217. The molecular weight excluding hydrogens is 514 g/mol. The molecule has 0 aromatic rings. The average molecular weight is 514 g/mol. The van der Waals surface area contributed by atoms with Gasteiger partial charge in [0.2, 0.25) is 0 Å². The number of hydrogen-bond acceptors (Lipinski definition) is 8. The fraction of sp³-hybridized carbons (Fsp3) is 0. The number of rotatable bonds is 0. The first-order valence-electron chi connectivity index (χ1n) is 1.33. The standard InChI is InChI=1S/2Cs.Fe.2H2O4S/c;;;2*1-5(2,3)4/h;;;2*(H2,1,2,3,4)/q2*+1;+2;;/p-4. The van der Waals surface area contributed by atoms with E-state index in [1.807, 2.05) is 0 Å². The van der Waals surface area contributed by atoms with E-state index < -0.39 is 20.8 Å². The Labute approximate surface area is 204 Å². The summed E-state index contributed by atoms with van der Waals surface area (Å²) in [5.74, 6) is 0. The maximum absolute atomic E-state index is 8.52. The van der Waals surface area contributed by atoms with Crippen molar-refractivity contribution in [2.45, 2.75) is 0 Å². The van der Waals surface area contributed by atoms with E-state index in [1.165, 1.54) is 0 Å². The molecule has 13 heavy (non-hydrogen) atoms. The minimum absolute atomic E-state index is 0. The molecule has 0 spiro atoms. The molecule has 0 fully saturated rings. The van der Waals surface area contributed by atoms with Crippen LogP contribution in [0.1, 0.15) is 0 Å². The van der Waals surface area contributed by atoms with Gasteiger partial charge < -0.3 is 18.2 Å². The molecule has 0 N–H and O–H groups in total. The Balaban J connectivity index is -0.0000000267. The first-order valence-corrected chi connectivity index (χ1v) is 4.00. The molecule has 70 valence electrons. The van der Waals surface area contributed by atoms with Crippen LogP contribution in [0.5, 0.6) is 0 Å². The van der Waals surface area contributed by atoms with Crippen LogP contribution in [0.3, 0.4) is 0 Å². The van der Waals surface area contributed by atoms with Gasteiger partial charge in [-0.2, -0.15) is 0 Å². The predicted octanol–water partition coefficient (Wildman–Crippen LogP) is -8.67. The van der Waals surface area contributed by atoms with Crippen molar-refractivity contribution in [2.75, 3.05) is 0 Å². The number of hydrogen-bond donors (Lipinski definition) is 0. The van der Waals surface area contributed by atoms with Crippen LogP contribution in [-0.2, 0) is 37.9 Å². The molecule has 0 aliphatic rings. The van der Waals surface area contributed by atoms with Crippen molar-refractivity contribution in [1.82, 2.24) is 0 Å². The molecule has 0 radical (unpaired) electrons. The molecule has 0 unspecified atom stereocenters. The second-order valence-electron chi connectivity index (χ2n) is 0.816. The molecule has 0 aliphatic carbocycles. The van der Waals surface area contributed by atoms with E-state index in [9.17, 15) is 0 Å². The molecule has 13 heteroatoms. The molecule has 0 atom stereocenters. The molecule has 0 saturated carbocycles. The quantitative estimate of drug-likeness (QED) is 0.175. The first kappa shape index (κ1) is 30.4. The Morgan fingerprint density at radius 2 is 0.615 bits per heavy atom. The second kappa shape index (κ2) is 14.4. The molecule has 0 bridgehead atoms. The van der Waals surface area contributed by atoms with Crippen molar-refractivity contribution >= 4 is 20.8 Å². The second-order valence-corrected chi connectivity index (χ2v) is 2.45. The molecule has 0 heterocycles. The third kappa shape index (κ3) is 177. The van der Waals surface area contributed by atoms with Crippen molar-refractivity contribution in [3.8, 4) is 0 Å². The van der Waals surface area contributed by atoms with E-state index in [4.69, 9.17) is 35.0 Å². The summed E-state index contributed by atoms with van der Waals surface area (Å²) in [6.07, 6.45) is 0. The normalized spacial score (nSPS) is 8.92. The Hall–Kier alpha value is 4.36. The van der Waals surface area contributed by atoms with Gasteiger partial charge in [-0.15, -0.1) is 0 Å². The zero-order valence-corrected chi connectivity index (χ0v) is 21.7. The van der Waals surface area contributed by atoms with Crippen LogP contribution in [0.15, 0.2) is 0 Å². The molecular formula is Cs2FeO8S2. The van der Waals surface area contributed by atoms with Crippen LogP contribution < -0.4 is 138 Å². The van der Waals surface area contributed by atoms with E-state index >= 15 is 0 Å². The molecule has 0 saturated heterocycles. The van der Waals surface area contributed by atoms with E-state index in [2.05, 4.69) is 0 Å². The predicted molar refractivity (Wildman–Crippen MR) is 20.9 cm³/mol. The van der Waals surface area contributed by atoms with E-state index in [-0.39, 0.29) is 155 Å². The third-order valence-corrected chi connectivity index (χ3v) is 0. The molecule has 0 aliphatic heterocycles. The van der Waals surface area contributed by atoms with Gasteiger partial charge in [0, 0.05) is 20.8 Å². The summed E-state index contributed by atoms with van der Waals surface area (Å²) >= 11 is 0. The van der Waals surface area contributed by atoms with Gasteiger partial charge in [-0.3, -0.25) is 16.8 Å². The summed E-state index contributed by atoms with van der Waals surface area (Å²) in [6.45, 7) is 0. The van der Waals surface area contributed by atoms with Crippen LogP contribution in [0.2, 0.25) is 0 Å². The zero-order valence-electron chi connectivity index (χ0n) is 6.44. The van der Waals surface area contributed by atoms with Crippen molar-refractivity contribution < 1.29 is 190 Å². The van der Waals surface area contributed by atoms with E-state index in [0.29, 0.717) is 0 Å². The summed E-state index contributed by atoms with van der Waals surface area (Å²) in [5.41, 5.74) is 0. The Morgan fingerprint density at radius 1 is 0.615 bits per heavy atom. The van der Waals surface area contributed by atoms with Crippen molar-refractivity contribution in [1.29, 1.82) is 0 Å². The van der Waals surface area contributed by atoms with Gasteiger partial charge in [-0.1, -0.05) is 0 Å². The van der Waals surface area contributed by atoms with Gasteiger partial charge in [0.1, 0.15) is 0 Å². The Kier molecular flexibility index (Phi) is 33.7. The van der Waals surface area contributed by atoms with Gasteiger partial charge in [-0.25, -0.2) is 0 Å². The van der Waals surface area contributed by atoms with Gasteiger partial charge >= 0.3 is 155 Å². The largest absolute Gasteiger partial charge is 2.00 e. The van der Waals surface area contributed by atoms with Crippen LogP contribution in [0.25, 0.3) is 0 Å². The first-order chi connectivity index (χ1) is 4.00. The SMILES string of the molecule is O=S(=O)([O-])[O-].O=S(=O)([O-])[O-].[Cs+].[Cs+].[Fe+2]. The van der Waals surface area contributed by atoms with E-state index in [1.54, 1.807) is 0 Å². The maximum Gasteiger partial charge on any atom is 2.00 e. The maximum atomic E-state index is 8.52. The van der Waals surface area contributed by atoms with Crippen LogP contribution in [-0.4, -0.2) is 35.0 Å². The Morgan fingerprint density at radius 3 is 0.615 bits per heavy atom. The van der Waals surface area contributed by atoms with Crippen molar-refractivity contribution in [3.63, 3.8) is 0 Å². The molecule has 0 aromatic carbocycles. The third-order valence-electron chi connectivity index (χ3n) is 0. The van der Waals surface area contributed by atoms with E-state index in [0.717, 1.165) is 0 Å². The topological polar surface area (TPSA) is 161 Å². The summed E-state index contributed by atoms with van der Waals surface area (Å²) in [4.78, 5) is 0. The van der Waals surface area contributed by atoms with Crippen molar-refractivity contribution in [3.05, 3.63) is 0 Å². The van der Waals surface area contributed by atoms with Crippen LogP contribution in [0.4, 0.5) is 0 Å². The molecule has 0 rings (SSSR count). The van der Waals surface area contributed by atoms with Gasteiger partial charge in [0.05, 0.1) is 0 Å². The summed E-state index contributed by atoms with van der Waals surface area (Å²) in [7, 11) is -10.3.